The number of hydrogen-bond acceptors (Lipinski definition) is 4. The largest absolute Gasteiger partial charge is 0.493 e. The standard InChI is InChI=1S/C27H25ClN2O3/c1-32-25-15-19(13-22(16-29)27(31)30-23-8-4-5-9-23)14-24(28)26(25)33-17-18-10-11-20-6-2-3-7-21(20)12-18/h2-3,6-7,10-15,23H,4-5,8-9,17H2,1H3,(H,30,31)/b22-13-. The Bertz CT molecular complexity index is 1240. The second kappa shape index (κ2) is 10.4. The van der Waals surface area contributed by atoms with Gasteiger partial charge in [-0.1, -0.05) is 60.8 Å². The molecule has 0 unspecified atom stereocenters. The third kappa shape index (κ3) is 5.47. The fourth-order valence-electron chi connectivity index (χ4n) is 4.10. The van der Waals surface area contributed by atoms with Crippen molar-refractivity contribution in [3.05, 3.63) is 76.3 Å². The summed E-state index contributed by atoms with van der Waals surface area (Å²) in [4.78, 5) is 12.5. The summed E-state index contributed by atoms with van der Waals surface area (Å²) < 4.78 is 11.5. The van der Waals surface area contributed by atoms with Gasteiger partial charge in [0.2, 0.25) is 0 Å². The maximum Gasteiger partial charge on any atom is 0.262 e. The highest BCUT2D eigenvalue weighted by Gasteiger charge is 2.20. The molecule has 3 aromatic carbocycles. The average Bonchev–Trinajstić information content (AvgIpc) is 3.34. The molecule has 33 heavy (non-hydrogen) atoms. The zero-order valence-electron chi connectivity index (χ0n) is 18.4. The van der Waals surface area contributed by atoms with E-state index in [1.807, 2.05) is 24.3 Å². The molecular formula is C27H25ClN2O3. The molecule has 1 aliphatic rings. The molecule has 0 spiro atoms. The Balaban J connectivity index is 1.52. The fraction of sp³-hybridized carbons (Fsp3) is 0.259. The van der Waals surface area contributed by atoms with Crippen molar-refractivity contribution in [3.63, 3.8) is 0 Å². The van der Waals surface area contributed by atoms with Crippen LogP contribution >= 0.6 is 11.6 Å². The number of nitriles is 1. The highest BCUT2D eigenvalue weighted by Crippen LogP contribution is 2.37. The first-order chi connectivity index (χ1) is 16.1. The number of carbonyl (C=O) groups excluding carboxylic acids is 1. The van der Waals surface area contributed by atoms with E-state index in [1.165, 1.54) is 18.6 Å². The van der Waals surface area contributed by atoms with Crippen molar-refractivity contribution >= 4 is 34.4 Å². The molecule has 0 bridgehead atoms. The van der Waals surface area contributed by atoms with Gasteiger partial charge in [-0.3, -0.25) is 4.79 Å². The van der Waals surface area contributed by atoms with Crippen LogP contribution in [0.2, 0.25) is 5.02 Å². The summed E-state index contributed by atoms with van der Waals surface area (Å²) in [7, 11) is 1.53. The molecule has 0 aromatic heterocycles. The Morgan fingerprint density at radius 3 is 2.64 bits per heavy atom. The monoisotopic (exact) mass is 460 g/mol. The van der Waals surface area contributed by atoms with E-state index in [-0.39, 0.29) is 17.5 Å². The van der Waals surface area contributed by atoms with Gasteiger partial charge in [-0.25, -0.2) is 0 Å². The van der Waals surface area contributed by atoms with Gasteiger partial charge in [-0.15, -0.1) is 0 Å². The van der Waals surface area contributed by atoms with Crippen LogP contribution in [0.4, 0.5) is 0 Å². The van der Waals surface area contributed by atoms with Crippen LogP contribution in [0.25, 0.3) is 16.8 Å². The Morgan fingerprint density at radius 1 is 1.15 bits per heavy atom. The molecule has 3 aromatic rings. The van der Waals surface area contributed by atoms with Gasteiger partial charge in [-0.05, 0) is 59.0 Å². The molecule has 4 rings (SSSR count). The molecule has 1 fully saturated rings. The van der Waals surface area contributed by atoms with Crippen LogP contribution in [0.15, 0.2) is 60.2 Å². The van der Waals surface area contributed by atoms with Crippen LogP contribution in [0.5, 0.6) is 11.5 Å². The minimum Gasteiger partial charge on any atom is -0.493 e. The molecule has 0 heterocycles. The number of hydrogen-bond donors (Lipinski definition) is 1. The molecule has 168 valence electrons. The lowest BCUT2D eigenvalue weighted by Gasteiger charge is -2.14. The first kappa shape index (κ1) is 22.7. The van der Waals surface area contributed by atoms with Crippen LogP contribution in [0.1, 0.15) is 36.8 Å². The molecule has 1 amide bonds. The number of rotatable bonds is 7. The van der Waals surface area contributed by atoms with Gasteiger partial charge in [0.15, 0.2) is 11.5 Å². The van der Waals surface area contributed by atoms with E-state index in [2.05, 4.69) is 29.6 Å². The number of fused-ring (bicyclic) bond motifs is 1. The second-order valence-corrected chi connectivity index (χ2v) is 8.54. The van der Waals surface area contributed by atoms with Crippen LogP contribution < -0.4 is 14.8 Å². The van der Waals surface area contributed by atoms with E-state index in [1.54, 1.807) is 12.1 Å². The average molecular weight is 461 g/mol. The normalized spacial score (nSPS) is 14.2. The van der Waals surface area contributed by atoms with E-state index < -0.39 is 0 Å². The second-order valence-electron chi connectivity index (χ2n) is 8.13. The van der Waals surface area contributed by atoms with Crippen molar-refractivity contribution in [2.45, 2.75) is 38.3 Å². The number of ether oxygens (including phenoxy) is 2. The van der Waals surface area contributed by atoms with Crippen LogP contribution in [-0.4, -0.2) is 19.1 Å². The molecule has 0 saturated heterocycles. The van der Waals surface area contributed by atoms with Gasteiger partial charge in [0.1, 0.15) is 18.2 Å². The number of carbonyl (C=O) groups is 1. The minimum absolute atomic E-state index is 0.0323. The van der Waals surface area contributed by atoms with E-state index in [0.717, 1.165) is 36.6 Å². The quantitative estimate of drug-likeness (QED) is 0.344. The molecule has 5 nitrogen and oxygen atoms in total. The smallest absolute Gasteiger partial charge is 0.262 e. The molecule has 0 atom stereocenters. The lowest BCUT2D eigenvalue weighted by molar-refractivity contribution is -0.117. The van der Waals surface area contributed by atoms with Gasteiger partial charge < -0.3 is 14.8 Å². The summed E-state index contributed by atoms with van der Waals surface area (Å²) >= 11 is 6.50. The van der Waals surface area contributed by atoms with E-state index in [4.69, 9.17) is 21.1 Å². The van der Waals surface area contributed by atoms with Crippen LogP contribution in [0, 0.1) is 11.3 Å². The topological polar surface area (TPSA) is 71.3 Å². The molecule has 6 heteroatoms. The van der Waals surface area contributed by atoms with Crippen LogP contribution in [-0.2, 0) is 11.4 Å². The van der Waals surface area contributed by atoms with E-state index in [0.29, 0.717) is 28.7 Å². The third-order valence-corrected chi connectivity index (χ3v) is 6.10. The van der Waals surface area contributed by atoms with Crippen molar-refractivity contribution in [1.29, 1.82) is 5.26 Å². The van der Waals surface area contributed by atoms with Gasteiger partial charge in [-0.2, -0.15) is 5.26 Å². The summed E-state index contributed by atoms with van der Waals surface area (Å²) in [6.45, 7) is 0.323. The maximum absolute atomic E-state index is 12.5. The minimum atomic E-state index is -0.365. The lowest BCUT2D eigenvalue weighted by Crippen LogP contribution is -2.33. The van der Waals surface area contributed by atoms with Gasteiger partial charge >= 0.3 is 0 Å². The molecular weight excluding hydrogens is 436 g/mol. The molecule has 1 N–H and O–H groups in total. The van der Waals surface area contributed by atoms with Crippen molar-refractivity contribution in [2.24, 2.45) is 0 Å². The van der Waals surface area contributed by atoms with Crippen LogP contribution in [0.3, 0.4) is 0 Å². The van der Waals surface area contributed by atoms with Crippen molar-refractivity contribution in [3.8, 4) is 17.6 Å². The number of methoxy groups -OCH3 is 1. The summed E-state index contributed by atoms with van der Waals surface area (Å²) in [5, 5.41) is 15.1. The zero-order chi connectivity index (χ0) is 23.2. The fourth-order valence-corrected chi connectivity index (χ4v) is 4.37. The summed E-state index contributed by atoms with van der Waals surface area (Å²) in [5.41, 5.74) is 1.63. The van der Waals surface area contributed by atoms with Gasteiger partial charge in [0, 0.05) is 6.04 Å². The predicted molar refractivity (Wildman–Crippen MR) is 130 cm³/mol. The first-order valence-corrected chi connectivity index (χ1v) is 11.4. The Morgan fingerprint density at radius 2 is 1.91 bits per heavy atom. The summed E-state index contributed by atoms with van der Waals surface area (Å²) in [5.74, 6) is 0.484. The molecule has 0 radical (unpaired) electrons. The first-order valence-electron chi connectivity index (χ1n) is 11.0. The zero-order valence-corrected chi connectivity index (χ0v) is 19.2. The van der Waals surface area contributed by atoms with Gasteiger partial charge in [0.05, 0.1) is 12.1 Å². The predicted octanol–water partition coefficient (Wildman–Crippen LogP) is 6.05. The summed E-state index contributed by atoms with van der Waals surface area (Å²) in [6.07, 6.45) is 5.63. The highest BCUT2D eigenvalue weighted by molar-refractivity contribution is 6.32. The summed E-state index contributed by atoms with van der Waals surface area (Å²) in [6, 6.07) is 19.8. The molecule has 1 aliphatic carbocycles. The van der Waals surface area contributed by atoms with Crippen molar-refractivity contribution < 1.29 is 14.3 Å². The number of amides is 1. The molecule has 0 aliphatic heterocycles. The lowest BCUT2D eigenvalue weighted by atomic mass is 10.1. The third-order valence-electron chi connectivity index (χ3n) is 5.82. The number of benzene rings is 3. The molecule has 1 saturated carbocycles. The maximum atomic E-state index is 12.5. The van der Waals surface area contributed by atoms with E-state index >= 15 is 0 Å². The number of nitrogens with zero attached hydrogens (tertiary/aromatic N) is 1. The number of nitrogens with one attached hydrogen (secondary N) is 1. The van der Waals surface area contributed by atoms with Gasteiger partial charge in [0.25, 0.3) is 5.91 Å². The van der Waals surface area contributed by atoms with E-state index in [9.17, 15) is 10.1 Å². The Labute approximate surface area is 198 Å². The highest BCUT2D eigenvalue weighted by atomic mass is 35.5. The van der Waals surface area contributed by atoms with Crippen molar-refractivity contribution in [2.75, 3.05) is 7.11 Å². The van der Waals surface area contributed by atoms with Crippen molar-refractivity contribution in [1.82, 2.24) is 5.32 Å². The Hall–Kier alpha value is -3.49. The SMILES string of the molecule is COc1cc(/C=C(/C#N)C(=O)NC2CCCC2)cc(Cl)c1OCc1ccc2ccccc2c1. The Kier molecular flexibility index (Phi) is 7.16. The number of halogens is 1.